The molecule has 0 aliphatic carbocycles. The first-order valence-electron chi connectivity index (χ1n) is 9.51. The molecule has 0 spiro atoms. The van der Waals surface area contributed by atoms with E-state index in [2.05, 4.69) is 0 Å². The van der Waals surface area contributed by atoms with Crippen molar-refractivity contribution in [3.05, 3.63) is 83.2 Å². The summed E-state index contributed by atoms with van der Waals surface area (Å²) < 4.78 is 14.0. The zero-order valence-electron chi connectivity index (χ0n) is 16.5. The Morgan fingerprint density at radius 1 is 0.848 bits per heavy atom. The Morgan fingerprint density at radius 3 is 2.00 bits per heavy atom. The van der Waals surface area contributed by atoms with E-state index < -0.39 is 35.6 Å². The van der Waals surface area contributed by atoms with Gasteiger partial charge in [-0.2, -0.15) is 0 Å². The number of imide groups is 1. The summed E-state index contributed by atoms with van der Waals surface area (Å²) in [6, 6.07) is 5.77. The third-order valence-electron chi connectivity index (χ3n) is 5.74. The molecular weight excluding hydrogens is 533 g/mol. The monoisotopic (exact) mass is 542 g/mol. The Kier molecular flexibility index (Phi) is 5.46. The molecular formula is C22H11Cl4FN2O3S. The number of thiophene rings is 1. The molecule has 2 aliphatic rings. The molecule has 5 rings (SSSR count). The smallest absolute Gasteiger partial charge is 0.264 e. The van der Waals surface area contributed by atoms with Gasteiger partial charge in [0.15, 0.2) is 0 Å². The summed E-state index contributed by atoms with van der Waals surface area (Å²) in [6.45, 7) is 1.74. The van der Waals surface area contributed by atoms with Gasteiger partial charge in [0.05, 0.1) is 36.9 Å². The Balaban J connectivity index is 1.64. The van der Waals surface area contributed by atoms with Crippen LogP contribution in [-0.2, 0) is 4.79 Å². The molecule has 0 N–H and O–H groups in total. The lowest BCUT2D eigenvalue weighted by atomic mass is 9.90. The van der Waals surface area contributed by atoms with E-state index in [1.165, 1.54) is 28.4 Å². The summed E-state index contributed by atoms with van der Waals surface area (Å²) >= 11 is 26.0. The van der Waals surface area contributed by atoms with Gasteiger partial charge < -0.3 is 0 Å². The van der Waals surface area contributed by atoms with Gasteiger partial charge >= 0.3 is 0 Å². The van der Waals surface area contributed by atoms with E-state index in [0.717, 1.165) is 4.90 Å². The van der Waals surface area contributed by atoms with Gasteiger partial charge in [-0.3, -0.25) is 24.2 Å². The maximum absolute atomic E-state index is 14.0. The van der Waals surface area contributed by atoms with E-state index in [-0.39, 0.29) is 31.2 Å². The minimum absolute atomic E-state index is 0.156. The molecule has 1 saturated heterocycles. The fraction of sp³-hybridized carbons (Fsp3) is 0.136. The van der Waals surface area contributed by atoms with Gasteiger partial charge in [-0.15, -0.1) is 11.3 Å². The van der Waals surface area contributed by atoms with E-state index >= 15 is 0 Å². The van der Waals surface area contributed by atoms with Gasteiger partial charge in [-0.05, 0) is 36.1 Å². The Hall–Kier alpha value is -2.16. The predicted molar refractivity (Wildman–Crippen MR) is 126 cm³/mol. The average molecular weight is 544 g/mol. The van der Waals surface area contributed by atoms with Crippen molar-refractivity contribution in [1.82, 2.24) is 4.90 Å². The quantitative estimate of drug-likeness (QED) is 0.163. The van der Waals surface area contributed by atoms with Crippen molar-refractivity contribution < 1.29 is 18.8 Å². The zero-order valence-corrected chi connectivity index (χ0v) is 20.4. The van der Waals surface area contributed by atoms with E-state index in [0.29, 0.717) is 16.1 Å². The van der Waals surface area contributed by atoms with Crippen LogP contribution in [0.3, 0.4) is 0 Å². The predicted octanol–water partition coefficient (Wildman–Crippen LogP) is 6.56. The van der Waals surface area contributed by atoms with Gasteiger partial charge in [0.2, 0.25) is 0 Å². The molecule has 3 heterocycles. The number of β-lactam (4-membered cyclic amide) rings is 1. The third-order valence-corrected chi connectivity index (χ3v) is 8.49. The molecule has 3 amide bonds. The molecule has 5 nitrogen and oxygen atoms in total. The van der Waals surface area contributed by atoms with Crippen LogP contribution < -0.4 is 4.90 Å². The first kappa shape index (κ1) is 22.6. The fourth-order valence-electron chi connectivity index (χ4n) is 4.20. The van der Waals surface area contributed by atoms with Crippen LogP contribution in [0.25, 0.3) is 0 Å². The number of fused-ring (bicyclic) bond motifs is 1. The van der Waals surface area contributed by atoms with E-state index in [9.17, 15) is 18.8 Å². The van der Waals surface area contributed by atoms with Crippen LogP contribution in [0.15, 0.2) is 35.7 Å². The normalized spacial score (nSPS) is 19.9. The lowest BCUT2D eigenvalue weighted by molar-refractivity contribution is -0.130. The molecule has 1 fully saturated rings. The molecule has 2 aliphatic heterocycles. The highest BCUT2D eigenvalue weighted by Gasteiger charge is 2.59. The SMILES string of the molecule is Cc1ccc(F)cc1N1C(=O)C(N2C(=O)c3c(Cl)c(Cl)c(Cl)c(Cl)c3C2=O)C1c1cccs1. The highest BCUT2D eigenvalue weighted by molar-refractivity contribution is 7.10. The number of nitrogens with zero attached hydrogens (tertiary/aromatic N) is 2. The van der Waals surface area contributed by atoms with Crippen molar-refractivity contribution in [2.24, 2.45) is 0 Å². The minimum atomic E-state index is -1.18. The minimum Gasteiger partial charge on any atom is -0.299 e. The maximum atomic E-state index is 14.0. The summed E-state index contributed by atoms with van der Waals surface area (Å²) in [5, 5.41) is 1.08. The third kappa shape index (κ3) is 3.14. The number of amides is 3. The number of rotatable bonds is 3. The maximum Gasteiger partial charge on any atom is 0.264 e. The van der Waals surface area contributed by atoms with E-state index in [1.54, 1.807) is 25.1 Å². The second kappa shape index (κ2) is 7.96. The number of halogens is 5. The van der Waals surface area contributed by atoms with Crippen molar-refractivity contribution in [3.8, 4) is 0 Å². The number of hydrogen-bond donors (Lipinski definition) is 0. The molecule has 0 radical (unpaired) electrons. The molecule has 2 unspecified atom stereocenters. The number of hydrogen-bond acceptors (Lipinski definition) is 4. The number of benzene rings is 2. The molecule has 1 aromatic heterocycles. The largest absolute Gasteiger partial charge is 0.299 e. The highest BCUT2D eigenvalue weighted by atomic mass is 35.5. The van der Waals surface area contributed by atoms with Gasteiger partial charge in [-0.25, -0.2) is 4.39 Å². The summed E-state index contributed by atoms with van der Waals surface area (Å²) in [6.07, 6.45) is 0. The van der Waals surface area contributed by atoms with Crippen LogP contribution in [0.4, 0.5) is 10.1 Å². The van der Waals surface area contributed by atoms with Gasteiger partial charge in [0.1, 0.15) is 17.9 Å². The molecule has 33 heavy (non-hydrogen) atoms. The lowest BCUT2D eigenvalue weighted by Crippen LogP contribution is -2.67. The molecule has 168 valence electrons. The lowest BCUT2D eigenvalue weighted by Gasteiger charge is -2.49. The number of anilines is 1. The molecule has 11 heteroatoms. The van der Waals surface area contributed by atoms with Crippen LogP contribution in [0.1, 0.15) is 37.2 Å². The number of carbonyl (C=O) groups excluding carboxylic acids is 3. The first-order chi connectivity index (χ1) is 15.6. The number of aryl methyl sites for hydroxylation is 1. The van der Waals surface area contributed by atoms with Crippen LogP contribution in [0.2, 0.25) is 20.1 Å². The van der Waals surface area contributed by atoms with Crippen molar-refractivity contribution in [2.75, 3.05) is 4.90 Å². The van der Waals surface area contributed by atoms with E-state index in [1.807, 2.05) is 5.38 Å². The van der Waals surface area contributed by atoms with Crippen molar-refractivity contribution in [3.63, 3.8) is 0 Å². The molecule has 3 aromatic rings. The zero-order chi connectivity index (χ0) is 23.8. The van der Waals surface area contributed by atoms with Gasteiger partial charge in [0, 0.05) is 4.88 Å². The van der Waals surface area contributed by atoms with Crippen LogP contribution >= 0.6 is 57.7 Å². The second-order valence-electron chi connectivity index (χ2n) is 7.53. The molecule has 2 atom stereocenters. The van der Waals surface area contributed by atoms with E-state index in [4.69, 9.17) is 46.4 Å². The Labute approximate surface area is 211 Å². The summed E-state index contributed by atoms with van der Waals surface area (Å²) in [4.78, 5) is 43.0. The average Bonchev–Trinajstić information content (AvgIpc) is 3.39. The van der Waals surface area contributed by atoms with Crippen molar-refractivity contribution in [1.29, 1.82) is 0 Å². The van der Waals surface area contributed by atoms with Crippen molar-refractivity contribution >= 4 is 81.1 Å². The molecule has 0 bridgehead atoms. The topological polar surface area (TPSA) is 57.7 Å². The fourth-order valence-corrected chi connectivity index (χ4v) is 6.06. The van der Waals surface area contributed by atoms with Crippen LogP contribution in [0, 0.1) is 12.7 Å². The van der Waals surface area contributed by atoms with Gasteiger partial charge in [0.25, 0.3) is 17.7 Å². The standard InChI is InChI=1S/C22H11Cl4FN2O3S/c1-8-4-5-9(27)7-10(8)28-18(11-3-2-6-33-11)19(22(28)32)29-20(30)12-13(21(29)31)15(24)17(26)16(25)14(12)23/h2-7,18-19H,1H3. The Bertz CT molecular complexity index is 1330. The van der Waals surface area contributed by atoms with Crippen LogP contribution in [0.5, 0.6) is 0 Å². The van der Waals surface area contributed by atoms with Crippen molar-refractivity contribution in [2.45, 2.75) is 19.0 Å². The van der Waals surface area contributed by atoms with Gasteiger partial charge in [-0.1, -0.05) is 58.5 Å². The number of carbonyl (C=O) groups is 3. The summed E-state index contributed by atoms with van der Waals surface area (Å²) in [7, 11) is 0. The van der Waals surface area contributed by atoms with Crippen LogP contribution in [-0.4, -0.2) is 28.7 Å². The molecule has 0 saturated carbocycles. The Morgan fingerprint density at radius 2 is 1.45 bits per heavy atom. The molecule has 2 aromatic carbocycles. The summed E-state index contributed by atoms with van der Waals surface area (Å²) in [5.74, 6) is -2.65. The highest BCUT2D eigenvalue weighted by Crippen LogP contribution is 2.50. The summed E-state index contributed by atoms with van der Waals surface area (Å²) in [5.41, 5.74) is 0.628. The second-order valence-corrected chi connectivity index (χ2v) is 10.0. The first-order valence-corrected chi connectivity index (χ1v) is 11.9.